The van der Waals surface area contributed by atoms with Crippen molar-refractivity contribution >= 4 is 40.7 Å². The number of halogens is 2. The van der Waals surface area contributed by atoms with Crippen LogP contribution >= 0.6 is 11.8 Å². The molecule has 0 saturated carbocycles. The largest absolute Gasteiger partial charge is 0.368 e. The fraction of sp³-hybridized carbons (Fsp3) is 0.0909. The summed E-state index contributed by atoms with van der Waals surface area (Å²) in [5.41, 5.74) is 6.46. The van der Waals surface area contributed by atoms with E-state index in [2.05, 4.69) is 35.2 Å². The average molecular weight is 338 g/mol. The summed E-state index contributed by atoms with van der Waals surface area (Å²) in [4.78, 5) is 33.1. The van der Waals surface area contributed by atoms with Gasteiger partial charge in [0.2, 0.25) is 29.7 Å². The van der Waals surface area contributed by atoms with Gasteiger partial charge in [0.25, 0.3) is 0 Å². The standard InChI is InChI=1S/C11H8F2N8OS/c12-4-1-5(13)18-11(17-4)19-6(22)2-23-9-7-8(16-3-15-7)20-10(14)21-9/h1,3H,2H2,(H,17,18,19,22)(H3,14,15,16,20,21). The summed E-state index contributed by atoms with van der Waals surface area (Å²) in [6.07, 6.45) is 1.42. The number of thioether (sulfide) groups is 1. The maximum Gasteiger partial charge on any atom is 0.237 e. The molecule has 0 saturated heterocycles. The average Bonchev–Trinajstić information content (AvgIpc) is 2.91. The molecule has 3 aromatic rings. The molecule has 9 nitrogen and oxygen atoms in total. The zero-order valence-corrected chi connectivity index (χ0v) is 12.1. The van der Waals surface area contributed by atoms with Gasteiger partial charge in [0.15, 0.2) is 5.65 Å². The van der Waals surface area contributed by atoms with Crippen LogP contribution in [0.15, 0.2) is 17.4 Å². The number of anilines is 2. The van der Waals surface area contributed by atoms with Gasteiger partial charge in [-0.25, -0.2) is 9.97 Å². The maximum absolute atomic E-state index is 12.9. The molecule has 3 heterocycles. The minimum Gasteiger partial charge on any atom is -0.368 e. The van der Waals surface area contributed by atoms with Gasteiger partial charge in [-0.05, 0) is 0 Å². The Hall–Kier alpha value is -2.89. The highest BCUT2D eigenvalue weighted by molar-refractivity contribution is 8.00. The van der Waals surface area contributed by atoms with Crippen molar-refractivity contribution in [1.29, 1.82) is 0 Å². The third-order valence-electron chi connectivity index (χ3n) is 2.52. The van der Waals surface area contributed by atoms with E-state index in [1.807, 2.05) is 0 Å². The highest BCUT2D eigenvalue weighted by Crippen LogP contribution is 2.23. The maximum atomic E-state index is 12.9. The third-order valence-corrected chi connectivity index (χ3v) is 3.50. The summed E-state index contributed by atoms with van der Waals surface area (Å²) >= 11 is 1.05. The summed E-state index contributed by atoms with van der Waals surface area (Å²) in [7, 11) is 0. The number of nitrogens with two attached hydrogens (primary N) is 1. The zero-order chi connectivity index (χ0) is 16.4. The van der Waals surface area contributed by atoms with Gasteiger partial charge in [0.1, 0.15) is 10.5 Å². The number of imidazole rings is 1. The molecule has 0 aliphatic rings. The van der Waals surface area contributed by atoms with Crippen molar-refractivity contribution in [3.05, 3.63) is 24.3 Å². The Kier molecular flexibility index (Phi) is 3.97. The van der Waals surface area contributed by atoms with Crippen LogP contribution in [-0.4, -0.2) is 41.6 Å². The molecule has 3 rings (SSSR count). The minimum absolute atomic E-state index is 0.0167. The Balaban J connectivity index is 1.69. The number of nitrogen functional groups attached to an aromatic ring is 1. The van der Waals surface area contributed by atoms with Gasteiger partial charge in [-0.15, -0.1) is 0 Å². The molecule has 0 aliphatic heterocycles. The molecule has 1 amide bonds. The number of H-pyrrole nitrogens is 1. The van der Waals surface area contributed by atoms with Crippen LogP contribution in [0.25, 0.3) is 11.2 Å². The van der Waals surface area contributed by atoms with E-state index in [1.165, 1.54) is 6.33 Å². The lowest BCUT2D eigenvalue weighted by atomic mass is 10.5. The van der Waals surface area contributed by atoms with Gasteiger partial charge in [0, 0.05) is 6.07 Å². The van der Waals surface area contributed by atoms with Gasteiger partial charge < -0.3 is 10.7 Å². The normalized spacial score (nSPS) is 10.9. The van der Waals surface area contributed by atoms with Crippen molar-refractivity contribution in [2.75, 3.05) is 16.8 Å². The lowest BCUT2D eigenvalue weighted by Crippen LogP contribution is -2.17. The number of nitrogens with one attached hydrogen (secondary N) is 2. The van der Waals surface area contributed by atoms with Crippen LogP contribution in [0.3, 0.4) is 0 Å². The molecule has 0 atom stereocenters. The van der Waals surface area contributed by atoms with Gasteiger partial charge in [0.05, 0.1) is 12.1 Å². The summed E-state index contributed by atoms with van der Waals surface area (Å²) in [6.45, 7) is 0. The number of rotatable bonds is 4. The van der Waals surface area contributed by atoms with Crippen molar-refractivity contribution in [1.82, 2.24) is 29.9 Å². The molecule has 3 aromatic heterocycles. The Morgan fingerprint density at radius 1 is 1.26 bits per heavy atom. The molecule has 0 fully saturated rings. The number of carbonyl (C=O) groups excluding carboxylic acids is 1. The van der Waals surface area contributed by atoms with E-state index in [4.69, 9.17) is 5.73 Å². The Morgan fingerprint density at radius 2 is 2.00 bits per heavy atom. The van der Waals surface area contributed by atoms with Gasteiger partial charge in [-0.2, -0.15) is 23.7 Å². The fourth-order valence-corrected chi connectivity index (χ4v) is 2.46. The molecule has 0 bridgehead atoms. The van der Waals surface area contributed by atoms with Gasteiger partial charge in [-0.3, -0.25) is 10.1 Å². The van der Waals surface area contributed by atoms with Crippen molar-refractivity contribution in [2.45, 2.75) is 5.03 Å². The highest BCUT2D eigenvalue weighted by atomic mass is 32.2. The Morgan fingerprint density at radius 3 is 2.74 bits per heavy atom. The van der Waals surface area contributed by atoms with Crippen LogP contribution in [0.1, 0.15) is 0 Å². The first kappa shape index (κ1) is 15.0. The first-order chi connectivity index (χ1) is 11.0. The summed E-state index contributed by atoms with van der Waals surface area (Å²) in [5, 5.41) is 2.61. The zero-order valence-electron chi connectivity index (χ0n) is 11.2. The third kappa shape index (κ3) is 3.48. The monoisotopic (exact) mass is 338 g/mol. The van der Waals surface area contributed by atoms with E-state index in [1.54, 1.807) is 0 Å². The number of amides is 1. The minimum atomic E-state index is -1.08. The molecular weight excluding hydrogens is 330 g/mol. The van der Waals surface area contributed by atoms with Crippen LogP contribution in [0, 0.1) is 11.9 Å². The van der Waals surface area contributed by atoms with Crippen molar-refractivity contribution in [3.63, 3.8) is 0 Å². The van der Waals surface area contributed by atoms with Crippen LogP contribution in [-0.2, 0) is 4.79 Å². The topological polar surface area (TPSA) is 135 Å². The van der Waals surface area contributed by atoms with Crippen molar-refractivity contribution in [2.24, 2.45) is 0 Å². The van der Waals surface area contributed by atoms with Crippen LogP contribution < -0.4 is 11.1 Å². The van der Waals surface area contributed by atoms with Gasteiger partial charge in [-0.1, -0.05) is 11.8 Å². The summed E-state index contributed by atoms with van der Waals surface area (Å²) < 4.78 is 25.8. The molecule has 0 aliphatic carbocycles. The lowest BCUT2D eigenvalue weighted by Gasteiger charge is -2.04. The van der Waals surface area contributed by atoms with Crippen LogP contribution in [0.2, 0.25) is 0 Å². The SMILES string of the molecule is Nc1nc(SCC(=O)Nc2nc(F)cc(F)n2)c2[nH]cnc2n1. The molecule has 4 N–H and O–H groups in total. The Bertz CT molecular complexity index is 865. The molecule has 0 spiro atoms. The summed E-state index contributed by atoms with van der Waals surface area (Å²) in [5.74, 6) is -3.27. The molecule has 0 unspecified atom stereocenters. The number of fused-ring (bicyclic) bond motifs is 1. The molecule has 0 aromatic carbocycles. The summed E-state index contributed by atoms with van der Waals surface area (Å²) in [6, 6.07) is 0.503. The van der Waals surface area contributed by atoms with E-state index >= 15 is 0 Å². The number of aromatic nitrogens is 6. The first-order valence-electron chi connectivity index (χ1n) is 6.10. The van der Waals surface area contributed by atoms with Crippen LogP contribution in [0.5, 0.6) is 0 Å². The number of carbonyl (C=O) groups is 1. The molecule has 12 heteroatoms. The predicted octanol–water partition coefficient (Wildman–Crippen LogP) is 0.734. The van der Waals surface area contributed by atoms with Crippen molar-refractivity contribution in [3.8, 4) is 0 Å². The van der Waals surface area contributed by atoms with E-state index in [0.29, 0.717) is 22.3 Å². The first-order valence-corrected chi connectivity index (χ1v) is 7.09. The molecule has 23 heavy (non-hydrogen) atoms. The van der Waals surface area contributed by atoms with E-state index in [-0.39, 0.29) is 11.7 Å². The number of aromatic amines is 1. The molecule has 0 radical (unpaired) electrons. The lowest BCUT2D eigenvalue weighted by molar-refractivity contribution is -0.113. The quantitative estimate of drug-likeness (QED) is 0.468. The second-order valence-corrected chi connectivity index (χ2v) is 5.13. The molecule has 118 valence electrons. The number of hydrogen-bond donors (Lipinski definition) is 3. The smallest absolute Gasteiger partial charge is 0.237 e. The fourth-order valence-electron chi connectivity index (χ4n) is 1.67. The highest BCUT2D eigenvalue weighted by Gasteiger charge is 2.13. The second kappa shape index (κ2) is 6.08. The van der Waals surface area contributed by atoms with Crippen molar-refractivity contribution < 1.29 is 13.6 Å². The van der Waals surface area contributed by atoms with Gasteiger partial charge >= 0.3 is 0 Å². The van der Waals surface area contributed by atoms with E-state index < -0.39 is 23.8 Å². The second-order valence-electron chi connectivity index (χ2n) is 4.16. The molecular formula is C11H8F2N8OS. The predicted molar refractivity (Wildman–Crippen MR) is 77.4 cm³/mol. The van der Waals surface area contributed by atoms with E-state index in [0.717, 1.165) is 11.8 Å². The number of hydrogen-bond acceptors (Lipinski definition) is 8. The van der Waals surface area contributed by atoms with Crippen LogP contribution in [0.4, 0.5) is 20.7 Å². The van der Waals surface area contributed by atoms with E-state index in [9.17, 15) is 13.6 Å². The number of nitrogens with zero attached hydrogens (tertiary/aromatic N) is 5. The Labute approximate surface area is 131 Å².